The van der Waals surface area contributed by atoms with Gasteiger partial charge in [-0.1, -0.05) is 31.2 Å². The van der Waals surface area contributed by atoms with Crippen molar-refractivity contribution in [1.29, 1.82) is 0 Å². The van der Waals surface area contributed by atoms with Gasteiger partial charge in [-0.3, -0.25) is 9.78 Å². The minimum atomic E-state index is 0.0254. The molecule has 0 atom stereocenters. The van der Waals surface area contributed by atoms with Crippen LogP contribution in [0.4, 0.5) is 0 Å². The zero-order chi connectivity index (χ0) is 17.9. The number of rotatable bonds is 6. The number of nitrogens with one attached hydrogen (secondary N) is 1. The lowest BCUT2D eigenvalue weighted by Crippen LogP contribution is -2.33. The molecule has 1 aromatic carbocycles. The molecule has 2 heterocycles. The summed E-state index contributed by atoms with van der Waals surface area (Å²) in [6, 6.07) is 12.6. The molecule has 3 aromatic rings. The van der Waals surface area contributed by atoms with Gasteiger partial charge in [0.25, 0.3) is 5.91 Å². The molecular weight excluding hydrogens is 324 g/mol. The number of imidazole rings is 1. The maximum Gasteiger partial charge on any atom is 0.274 e. The molecule has 1 aliphatic rings. The Hall–Kier alpha value is -2.95. The summed E-state index contributed by atoms with van der Waals surface area (Å²) >= 11 is 0. The van der Waals surface area contributed by atoms with E-state index in [4.69, 9.17) is 0 Å². The van der Waals surface area contributed by atoms with Gasteiger partial charge < -0.3 is 9.88 Å². The molecule has 0 spiro atoms. The average Bonchev–Trinajstić information content (AvgIpc) is 3.42. The van der Waals surface area contributed by atoms with Crippen LogP contribution >= 0.6 is 0 Å². The Morgan fingerprint density at radius 2 is 2.08 bits per heavy atom. The molecular formula is C21H22N4O. The van der Waals surface area contributed by atoms with Crippen molar-refractivity contribution < 1.29 is 4.79 Å². The predicted molar refractivity (Wildman–Crippen MR) is 101 cm³/mol. The molecule has 0 aliphatic heterocycles. The van der Waals surface area contributed by atoms with Crippen LogP contribution in [0.3, 0.4) is 0 Å². The molecule has 5 heteroatoms. The minimum absolute atomic E-state index is 0.0254. The zero-order valence-electron chi connectivity index (χ0n) is 14.9. The highest BCUT2D eigenvalue weighted by atomic mass is 16.2. The molecule has 1 saturated carbocycles. The summed E-state index contributed by atoms with van der Waals surface area (Å²) in [6.45, 7) is 2.64. The molecule has 5 nitrogen and oxygen atoms in total. The molecule has 1 fully saturated rings. The van der Waals surface area contributed by atoms with Crippen LogP contribution in [0.1, 0.15) is 41.5 Å². The van der Waals surface area contributed by atoms with E-state index in [0.717, 1.165) is 41.6 Å². The summed E-state index contributed by atoms with van der Waals surface area (Å²) in [4.78, 5) is 26.6. The Kier molecular flexibility index (Phi) is 4.52. The summed E-state index contributed by atoms with van der Waals surface area (Å²) in [5.74, 6) is 0.0254. The van der Waals surface area contributed by atoms with Crippen LogP contribution in [0.25, 0.3) is 11.1 Å². The van der Waals surface area contributed by atoms with E-state index >= 15 is 0 Å². The van der Waals surface area contributed by atoms with Crippen LogP contribution in [0.15, 0.2) is 55.1 Å². The van der Waals surface area contributed by atoms with Crippen molar-refractivity contribution in [2.45, 2.75) is 38.8 Å². The number of carbonyl (C=O) groups excluding carboxylic acids is 1. The van der Waals surface area contributed by atoms with Gasteiger partial charge in [-0.05, 0) is 48.1 Å². The Bertz CT molecular complexity index is 899. The van der Waals surface area contributed by atoms with Crippen molar-refractivity contribution in [3.8, 4) is 11.1 Å². The van der Waals surface area contributed by atoms with E-state index in [1.807, 2.05) is 36.2 Å². The van der Waals surface area contributed by atoms with E-state index in [1.54, 1.807) is 12.5 Å². The molecule has 1 aliphatic carbocycles. The number of pyridine rings is 1. The summed E-state index contributed by atoms with van der Waals surface area (Å²) < 4.78 is 0. The largest absolute Gasteiger partial charge is 0.348 e. The number of amides is 1. The fourth-order valence-corrected chi connectivity index (χ4v) is 3.24. The van der Waals surface area contributed by atoms with E-state index in [1.165, 1.54) is 0 Å². The second-order valence-electron chi connectivity index (χ2n) is 6.69. The molecule has 26 heavy (non-hydrogen) atoms. The van der Waals surface area contributed by atoms with Crippen LogP contribution in [0, 0.1) is 0 Å². The monoisotopic (exact) mass is 346 g/mol. The first-order valence-electron chi connectivity index (χ1n) is 9.09. The first kappa shape index (κ1) is 16.5. The van der Waals surface area contributed by atoms with Crippen LogP contribution in [-0.4, -0.2) is 31.8 Å². The van der Waals surface area contributed by atoms with Crippen molar-refractivity contribution in [3.05, 3.63) is 72.1 Å². The third-order valence-corrected chi connectivity index (χ3v) is 4.80. The number of hydrogen-bond donors (Lipinski definition) is 1. The third kappa shape index (κ3) is 3.38. The Morgan fingerprint density at radius 1 is 1.23 bits per heavy atom. The summed E-state index contributed by atoms with van der Waals surface area (Å²) in [7, 11) is 0. The first-order valence-corrected chi connectivity index (χ1v) is 9.09. The second kappa shape index (κ2) is 7.12. The standard InChI is InChI=1S/C21H22N4O/c1-2-19-20(24-14-23-19)21(26)25(18-8-9-18)13-15-5-3-6-16(11-15)17-7-4-10-22-12-17/h3-7,10-12,14,18H,2,8-9,13H2,1H3,(H,23,24). The Morgan fingerprint density at radius 3 is 2.81 bits per heavy atom. The Labute approximate surface area is 153 Å². The highest BCUT2D eigenvalue weighted by Crippen LogP contribution is 2.30. The average molecular weight is 346 g/mol. The SMILES string of the molecule is CCc1[nH]cnc1C(=O)N(Cc1cccc(-c2cccnc2)c1)C1CC1. The quantitative estimate of drug-likeness (QED) is 0.738. The first-order chi connectivity index (χ1) is 12.8. The molecule has 1 amide bonds. The number of hydrogen-bond acceptors (Lipinski definition) is 3. The lowest BCUT2D eigenvalue weighted by molar-refractivity contribution is 0.0723. The molecule has 0 unspecified atom stereocenters. The number of aryl methyl sites for hydroxylation is 1. The van der Waals surface area contributed by atoms with Gasteiger partial charge >= 0.3 is 0 Å². The van der Waals surface area contributed by atoms with Gasteiger partial charge in [0.2, 0.25) is 0 Å². The molecule has 2 aromatic heterocycles. The van der Waals surface area contributed by atoms with Gasteiger partial charge in [0.05, 0.1) is 6.33 Å². The summed E-state index contributed by atoms with van der Waals surface area (Å²) in [5, 5.41) is 0. The topological polar surface area (TPSA) is 61.9 Å². The molecule has 0 radical (unpaired) electrons. The van der Waals surface area contributed by atoms with Gasteiger partial charge in [-0.15, -0.1) is 0 Å². The number of H-pyrrole nitrogens is 1. The number of carbonyl (C=O) groups is 1. The lowest BCUT2D eigenvalue weighted by Gasteiger charge is -2.22. The second-order valence-corrected chi connectivity index (χ2v) is 6.69. The third-order valence-electron chi connectivity index (χ3n) is 4.80. The van der Waals surface area contributed by atoms with Gasteiger partial charge in [0.15, 0.2) is 0 Å². The van der Waals surface area contributed by atoms with Crippen molar-refractivity contribution in [1.82, 2.24) is 19.9 Å². The molecule has 4 rings (SSSR count). The van der Waals surface area contributed by atoms with E-state index in [0.29, 0.717) is 18.3 Å². The van der Waals surface area contributed by atoms with Crippen molar-refractivity contribution in [3.63, 3.8) is 0 Å². The maximum atomic E-state index is 13.1. The number of benzene rings is 1. The van der Waals surface area contributed by atoms with Crippen molar-refractivity contribution >= 4 is 5.91 Å². The molecule has 132 valence electrons. The van der Waals surface area contributed by atoms with Gasteiger partial charge in [-0.25, -0.2) is 4.98 Å². The van der Waals surface area contributed by atoms with Gasteiger partial charge in [-0.2, -0.15) is 0 Å². The fraction of sp³-hybridized carbons (Fsp3) is 0.286. The van der Waals surface area contributed by atoms with Gasteiger partial charge in [0, 0.05) is 30.7 Å². The van der Waals surface area contributed by atoms with E-state index in [9.17, 15) is 4.79 Å². The molecule has 0 bridgehead atoms. The number of aromatic amines is 1. The van der Waals surface area contributed by atoms with Crippen molar-refractivity contribution in [2.75, 3.05) is 0 Å². The van der Waals surface area contributed by atoms with Crippen LogP contribution in [0.2, 0.25) is 0 Å². The normalized spacial score (nSPS) is 13.6. The smallest absolute Gasteiger partial charge is 0.274 e. The van der Waals surface area contributed by atoms with E-state index in [2.05, 4.69) is 33.2 Å². The lowest BCUT2D eigenvalue weighted by atomic mass is 10.0. The van der Waals surface area contributed by atoms with Crippen LogP contribution < -0.4 is 0 Å². The van der Waals surface area contributed by atoms with Crippen LogP contribution in [-0.2, 0) is 13.0 Å². The zero-order valence-corrected chi connectivity index (χ0v) is 14.9. The highest BCUT2D eigenvalue weighted by molar-refractivity contribution is 5.93. The predicted octanol–water partition coefficient (Wildman–Crippen LogP) is 3.84. The minimum Gasteiger partial charge on any atom is -0.348 e. The highest BCUT2D eigenvalue weighted by Gasteiger charge is 2.34. The molecule has 1 N–H and O–H groups in total. The van der Waals surface area contributed by atoms with Crippen molar-refractivity contribution in [2.24, 2.45) is 0 Å². The Balaban J connectivity index is 1.59. The fourth-order valence-electron chi connectivity index (χ4n) is 3.24. The molecule has 0 saturated heterocycles. The van der Waals surface area contributed by atoms with E-state index < -0.39 is 0 Å². The summed E-state index contributed by atoms with van der Waals surface area (Å²) in [6.07, 6.45) is 8.16. The van der Waals surface area contributed by atoms with E-state index in [-0.39, 0.29) is 5.91 Å². The maximum absolute atomic E-state index is 13.1. The number of aromatic nitrogens is 3. The van der Waals surface area contributed by atoms with Crippen LogP contribution in [0.5, 0.6) is 0 Å². The number of nitrogens with zero attached hydrogens (tertiary/aromatic N) is 3. The summed E-state index contributed by atoms with van der Waals surface area (Å²) in [5.41, 5.74) is 4.79. The van der Waals surface area contributed by atoms with Gasteiger partial charge in [0.1, 0.15) is 5.69 Å².